The van der Waals surface area contributed by atoms with Crippen LogP contribution in [0.15, 0.2) is 33.7 Å². The molecule has 2 rings (SSSR count). The molecule has 2 aromatic rings. The first-order valence-corrected chi connectivity index (χ1v) is 8.38. The van der Waals surface area contributed by atoms with E-state index in [0.717, 1.165) is 4.31 Å². The monoisotopic (exact) mass is 344 g/mol. The Bertz CT molecular complexity index is 753. The van der Waals surface area contributed by atoms with Crippen LogP contribution in [0.2, 0.25) is 5.02 Å². The molecular formula is C14H17ClN2O4S. The summed E-state index contributed by atoms with van der Waals surface area (Å²) in [5.41, 5.74) is 0.765. The number of sulfonamides is 1. The van der Waals surface area contributed by atoms with Crippen LogP contribution in [0, 0.1) is 13.8 Å². The van der Waals surface area contributed by atoms with Gasteiger partial charge in [0, 0.05) is 24.2 Å². The van der Waals surface area contributed by atoms with Crippen molar-refractivity contribution in [1.29, 1.82) is 0 Å². The summed E-state index contributed by atoms with van der Waals surface area (Å²) in [6.07, 6.45) is -1.03. The topological polar surface area (TPSA) is 83.6 Å². The van der Waals surface area contributed by atoms with Gasteiger partial charge in [-0.05, 0) is 19.9 Å². The molecule has 120 valence electrons. The summed E-state index contributed by atoms with van der Waals surface area (Å²) in [5.74, 6) is 0.219. The van der Waals surface area contributed by atoms with Gasteiger partial charge in [-0.2, -0.15) is 4.31 Å². The lowest BCUT2D eigenvalue weighted by Crippen LogP contribution is -2.31. The number of aliphatic hydroxyl groups is 1. The third-order valence-corrected chi connectivity index (χ3v) is 5.74. The Balaban J connectivity index is 2.25. The fourth-order valence-corrected chi connectivity index (χ4v) is 3.91. The van der Waals surface area contributed by atoms with Crippen molar-refractivity contribution in [2.75, 3.05) is 13.6 Å². The van der Waals surface area contributed by atoms with Crippen molar-refractivity contribution in [2.24, 2.45) is 0 Å². The molecule has 1 atom stereocenters. The second-order valence-electron chi connectivity index (χ2n) is 4.98. The van der Waals surface area contributed by atoms with E-state index in [1.165, 1.54) is 14.0 Å². The van der Waals surface area contributed by atoms with Gasteiger partial charge in [-0.15, -0.1) is 0 Å². The Morgan fingerprint density at radius 3 is 2.55 bits per heavy atom. The number of likely N-dealkylation sites (N-methyl/N-ethyl adjacent to an activating group) is 1. The lowest BCUT2D eigenvalue weighted by Gasteiger charge is -2.21. The highest BCUT2D eigenvalue weighted by molar-refractivity contribution is 7.89. The van der Waals surface area contributed by atoms with Gasteiger partial charge in [0.15, 0.2) is 5.76 Å². The molecule has 1 N–H and O–H groups in total. The van der Waals surface area contributed by atoms with Crippen LogP contribution >= 0.6 is 11.6 Å². The highest BCUT2D eigenvalue weighted by atomic mass is 35.5. The quantitative estimate of drug-likeness (QED) is 0.899. The molecule has 22 heavy (non-hydrogen) atoms. The molecule has 8 heteroatoms. The summed E-state index contributed by atoms with van der Waals surface area (Å²) >= 11 is 6.01. The minimum atomic E-state index is -3.80. The minimum Gasteiger partial charge on any atom is -0.387 e. The fraction of sp³-hybridized carbons (Fsp3) is 0.357. The van der Waals surface area contributed by atoms with Crippen LogP contribution in [0.4, 0.5) is 0 Å². The van der Waals surface area contributed by atoms with Gasteiger partial charge in [0.1, 0.15) is 10.6 Å². The molecular weight excluding hydrogens is 328 g/mol. The van der Waals surface area contributed by atoms with E-state index >= 15 is 0 Å². The Morgan fingerprint density at radius 1 is 1.36 bits per heavy atom. The second kappa shape index (κ2) is 6.37. The Hall–Kier alpha value is -1.41. The smallest absolute Gasteiger partial charge is 0.248 e. The van der Waals surface area contributed by atoms with Gasteiger partial charge in [-0.3, -0.25) is 0 Å². The summed E-state index contributed by atoms with van der Waals surface area (Å²) in [6, 6.07) is 6.77. The van der Waals surface area contributed by atoms with E-state index in [1.54, 1.807) is 31.2 Å². The first-order chi connectivity index (χ1) is 10.2. The minimum absolute atomic E-state index is 0.0290. The van der Waals surface area contributed by atoms with Crippen LogP contribution in [-0.2, 0) is 10.0 Å². The van der Waals surface area contributed by atoms with E-state index in [2.05, 4.69) is 5.16 Å². The van der Waals surface area contributed by atoms with E-state index in [1.807, 2.05) is 0 Å². The van der Waals surface area contributed by atoms with Crippen LogP contribution in [0.25, 0.3) is 0 Å². The number of hydrogen-bond acceptors (Lipinski definition) is 5. The number of hydrogen-bond donors (Lipinski definition) is 1. The van der Waals surface area contributed by atoms with Crippen molar-refractivity contribution >= 4 is 21.6 Å². The third-order valence-electron chi connectivity index (χ3n) is 3.33. The van der Waals surface area contributed by atoms with Gasteiger partial charge in [0.2, 0.25) is 10.0 Å². The maximum atomic E-state index is 12.6. The first-order valence-electron chi connectivity index (χ1n) is 6.57. The molecule has 6 nitrogen and oxygen atoms in total. The molecule has 0 bridgehead atoms. The van der Waals surface area contributed by atoms with E-state index in [-0.39, 0.29) is 22.9 Å². The maximum Gasteiger partial charge on any atom is 0.248 e. The van der Waals surface area contributed by atoms with E-state index in [9.17, 15) is 13.5 Å². The fourth-order valence-electron chi connectivity index (χ4n) is 2.18. The summed E-state index contributed by atoms with van der Waals surface area (Å²) in [6.45, 7) is 2.96. The molecule has 1 aromatic heterocycles. The van der Waals surface area contributed by atoms with Crippen molar-refractivity contribution in [2.45, 2.75) is 24.8 Å². The predicted octanol–water partition coefficient (Wildman–Crippen LogP) is 2.30. The van der Waals surface area contributed by atoms with Gasteiger partial charge in [0.05, 0.1) is 6.10 Å². The second-order valence-corrected chi connectivity index (χ2v) is 7.37. The van der Waals surface area contributed by atoms with Gasteiger partial charge < -0.3 is 9.63 Å². The van der Waals surface area contributed by atoms with Crippen LogP contribution in [-0.4, -0.2) is 36.6 Å². The number of benzene rings is 1. The van der Waals surface area contributed by atoms with Gasteiger partial charge in [-0.25, -0.2) is 8.42 Å². The molecule has 0 spiro atoms. The lowest BCUT2D eigenvalue weighted by atomic mass is 10.1. The maximum absolute atomic E-state index is 12.6. The van der Waals surface area contributed by atoms with Crippen LogP contribution in [0.1, 0.15) is 23.1 Å². The predicted molar refractivity (Wildman–Crippen MR) is 82.2 cm³/mol. The molecule has 0 fully saturated rings. The molecule has 0 saturated carbocycles. The normalized spacial score (nSPS) is 13.5. The number of aromatic nitrogens is 1. The zero-order chi connectivity index (χ0) is 16.5. The third kappa shape index (κ3) is 3.17. The van der Waals surface area contributed by atoms with Crippen molar-refractivity contribution in [1.82, 2.24) is 9.46 Å². The zero-order valence-electron chi connectivity index (χ0n) is 12.4. The van der Waals surface area contributed by atoms with Crippen molar-refractivity contribution < 1.29 is 18.0 Å². The molecule has 0 aliphatic heterocycles. The zero-order valence-corrected chi connectivity index (χ0v) is 14.0. The number of nitrogens with zero attached hydrogens (tertiary/aromatic N) is 2. The van der Waals surface area contributed by atoms with Crippen LogP contribution in [0.3, 0.4) is 0 Å². The molecule has 0 aliphatic rings. The molecule has 0 amide bonds. The summed E-state index contributed by atoms with van der Waals surface area (Å²) in [4.78, 5) is 0.0290. The molecule has 1 aromatic carbocycles. The SMILES string of the molecule is Cc1noc(C)c1S(=O)(=O)N(C)CC(O)c1ccccc1Cl. The Morgan fingerprint density at radius 2 is 2.00 bits per heavy atom. The Kier molecular flexibility index (Phi) is 4.91. The number of halogens is 1. The summed E-state index contributed by atoms with van der Waals surface area (Å²) < 4.78 is 31.1. The van der Waals surface area contributed by atoms with E-state index < -0.39 is 16.1 Å². The first kappa shape index (κ1) is 17.0. The molecule has 0 saturated heterocycles. The summed E-state index contributed by atoms with van der Waals surface area (Å²) in [7, 11) is -2.41. The van der Waals surface area contributed by atoms with E-state index in [0.29, 0.717) is 10.6 Å². The number of aliphatic hydroxyl groups excluding tert-OH is 1. The highest BCUT2D eigenvalue weighted by Crippen LogP contribution is 2.27. The summed E-state index contributed by atoms with van der Waals surface area (Å²) in [5, 5.41) is 14.3. The highest BCUT2D eigenvalue weighted by Gasteiger charge is 2.30. The van der Waals surface area contributed by atoms with Gasteiger partial charge >= 0.3 is 0 Å². The molecule has 1 unspecified atom stereocenters. The molecule has 1 heterocycles. The Labute approximate surface area is 134 Å². The van der Waals surface area contributed by atoms with Crippen molar-refractivity contribution in [3.8, 4) is 0 Å². The number of rotatable bonds is 5. The van der Waals surface area contributed by atoms with Crippen molar-refractivity contribution in [3.63, 3.8) is 0 Å². The molecule has 0 aliphatic carbocycles. The van der Waals surface area contributed by atoms with E-state index in [4.69, 9.17) is 16.1 Å². The molecule has 0 radical (unpaired) electrons. The number of aryl methyl sites for hydroxylation is 2. The van der Waals surface area contributed by atoms with Gasteiger partial charge in [0.25, 0.3) is 0 Å². The standard InChI is InChI=1S/C14H17ClN2O4S/c1-9-14(10(2)21-16-9)22(19,20)17(3)8-13(18)11-6-4-5-7-12(11)15/h4-7,13,18H,8H2,1-3H3. The van der Waals surface area contributed by atoms with Crippen molar-refractivity contribution in [3.05, 3.63) is 46.3 Å². The van der Waals surface area contributed by atoms with Crippen LogP contribution < -0.4 is 0 Å². The van der Waals surface area contributed by atoms with Crippen LogP contribution in [0.5, 0.6) is 0 Å². The largest absolute Gasteiger partial charge is 0.387 e. The average molecular weight is 345 g/mol. The average Bonchev–Trinajstić information content (AvgIpc) is 2.78. The van der Waals surface area contributed by atoms with Gasteiger partial charge in [-0.1, -0.05) is 35.0 Å². The lowest BCUT2D eigenvalue weighted by molar-refractivity contribution is 0.155.